The van der Waals surface area contributed by atoms with Gasteiger partial charge >= 0.3 is 6.18 Å². The maximum Gasteiger partial charge on any atom is 0.418 e. The van der Waals surface area contributed by atoms with E-state index in [2.05, 4.69) is 5.32 Å². The van der Waals surface area contributed by atoms with E-state index in [9.17, 15) is 17.6 Å². The van der Waals surface area contributed by atoms with Crippen molar-refractivity contribution in [1.82, 2.24) is 0 Å². The number of hydrogen-bond acceptors (Lipinski definition) is 2. The highest BCUT2D eigenvalue weighted by atomic mass is 19.4. The smallest absolute Gasteiger partial charge is 0.399 e. The van der Waals surface area contributed by atoms with Crippen LogP contribution < -0.4 is 11.1 Å². The fourth-order valence-corrected chi connectivity index (χ4v) is 1.63. The Balaban J connectivity index is 2.40. The van der Waals surface area contributed by atoms with Crippen molar-refractivity contribution in [2.45, 2.75) is 6.18 Å². The molecule has 0 amide bonds. The zero-order valence-corrected chi connectivity index (χ0v) is 9.63. The molecule has 0 atom stereocenters. The Bertz CT molecular complexity index is 593. The maximum absolute atomic E-state index is 13.0. The standard InChI is InChI=1S/C13H10F4N2/c14-8-2-1-3-10(6-8)19-12-5-4-9(18)7-11(12)13(15,16)17/h1-7,19H,18H2. The molecule has 19 heavy (non-hydrogen) atoms. The summed E-state index contributed by atoms with van der Waals surface area (Å²) in [7, 11) is 0. The number of rotatable bonds is 2. The van der Waals surface area contributed by atoms with Gasteiger partial charge in [0, 0.05) is 11.4 Å². The molecular formula is C13H10F4N2. The summed E-state index contributed by atoms with van der Waals surface area (Å²) in [5.41, 5.74) is 4.53. The van der Waals surface area contributed by atoms with Crippen LogP contribution in [-0.2, 0) is 6.18 Å². The normalized spacial score (nSPS) is 11.4. The van der Waals surface area contributed by atoms with Gasteiger partial charge in [0.25, 0.3) is 0 Å². The summed E-state index contributed by atoms with van der Waals surface area (Å²) >= 11 is 0. The Kier molecular flexibility index (Phi) is 3.33. The summed E-state index contributed by atoms with van der Waals surface area (Å²) in [6.45, 7) is 0. The molecule has 3 N–H and O–H groups in total. The fraction of sp³-hybridized carbons (Fsp3) is 0.0769. The minimum absolute atomic E-state index is 0.0112. The van der Waals surface area contributed by atoms with E-state index in [4.69, 9.17) is 5.73 Å². The molecular weight excluding hydrogens is 260 g/mol. The molecule has 100 valence electrons. The lowest BCUT2D eigenvalue weighted by Gasteiger charge is -2.15. The van der Waals surface area contributed by atoms with Gasteiger partial charge in [-0.05, 0) is 36.4 Å². The number of nitrogens with one attached hydrogen (secondary N) is 1. The van der Waals surface area contributed by atoms with E-state index in [0.29, 0.717) is 0 Å². The highest BCUT2D eigenvalue weighted by Gasteiger charge is 2.33. The molecule has 2 aromatic carbocycles. The van der Waals surface area contributed by atoms with Crippen molar-refractivity contribution >= 4 is 17.1 Å². The summed E-state index contributed by atoms with van der Waals surface area (Å²) in [5.74, 6) is -0.533. The van der Waals surface area contributed by atoms with Crippen LogP contribution in [0.3, 0.4) is 0 Å². The molecule has 2 rings (SSSR count). The Morgan fingerprint density at radius 1 is 1.00 bits per heavy atom. The second kappa shape index (κ2) is 4.79. The topological polar surface area (TPSA) is 38.0 Å². The zero-order valence-electron chi connectivity index (χ0n) is 9.63. The van der Waals surface area contributed by atoms with E-state index >= 15 is 0 Å². The van der Waals surface area contributed by atoms with Gasteiger partial charge in [-0.2, -0.15) is 13.2 Å². The first-order valence-electron chi connectivity index (χ1n) is 5.35. The zero-order chi connectivity index (χ0) is 14.0. The largest absolute Gasteiger partial charge is 0.418 e. The second-order valence-corrected chi connectivity index (χ2v) is 3.94. The van der Waals surface area contributed by atoms with Gasteiger partial charge in [0.15, 0.2) is 0 Å². The average Bonchev–Trinajstić information content (AvgIpc) is 2.30. The summed E-state index contributed by atoms with van der Waals surface area (Å²) in [5, 5.41) is 2.53. The van der Waals surface area contributed by atoms with Crippen LogP contribution in [0, 0.1) is 5.82 Å². The number of halogens is 4. The highest BCUT2D eigenvalue weighted by Crippen LogP contribution is 2.37. The van der Waals surface area contributed by atoms with Gasteiger partial charge in [-0.25, -0.2) is 4.39 Å². The lowest BCUT2D eigenvalue weighted by molar-refractivity contribution is -0.136. The van der Waals surface area contributed by atoms with Crippen molar-refractivity contribution in [2.75, 3.05) is 11.1 Å². The molecule has 2 aromatic rings. The van der Waals surface area contributed by atoms with Crippen molar-refractivity contribution in [3.8, 4) is 0 Å². The van der Waals surface area contributed by atoms with E-state index in [1.807, 2.05) is 0 Å². The fourth-order valence-electron chi connectivity index (χ4n) is 1.63. The Labute approximate surface area is 106 Å². The van der Waals surface area contributed by atoms with Gasteiger partial charge in [-0.3, -0.25) is 0 Å². The third-order valence-corrected chi connectivity index (χ3v) is 2.45. The SMILES string of the molecule is Nc1ccc(Nc2cccc(F)c2)c(C(F)(F)F)c1. The third-order valence-electron chi connectivity index (χ3n) is 2.45. The van der Waals surface area contributed by atoms with Crippen LogP contribution in [0.5, 0.6) is 0 Å². The Morgan fingerprint density at radius 3 is 2.37 bits per heavy atom. The molecule has 6 heteroatoms. The van der Waals surface area contributed by atoms with E-state index in [1.165, 1.54) is 30.3 Å². The van der Waals surface area contributed by atoms with Gasteiger partial charge in [0.2, 0.25) is 0 Å². The first-order chi connectivity index (χ1) is 8.86. The van der Waals surface area contributed by atoms with E-state index in [1.54, 1.807) is 0 Å². The number of anilines is 3. The lowest BCUT2D eigenvalue weighted by Crippen LogP contribution is -2.09. The highest BCUT2D eigenvalue weighted by molar-refractivity contribution is 5.66. The van der Waals surface area contributed by atoms with Crippen LogP contribution >= 0.6 is 0 Å². The summed E-state index contributed by atoms with van der Waals surface area (Å²) < 4.78 is 51.5. The first kappa shape index (κ1) is 13.2. The molecule has 0 aliphatic rings. The number of nitrogen functional groups attached to an aromatic ring is 1. The molecule has 2 nitrogen and oxygen atoms in total. The van der Waals surface area contributed by atoms with Crippen LogP contribution in [0.2, 0.25) is 0 Å². The minimum atomic E-state index is -4.54. The molecule has 0 fully saturated rings. The van der Waals surface area contributed by atoms with Crippen molar-refractivity contribution in [1.29, 1.82) is 0 Å². The lowest BCUT2D eigenvalue weighted by atomic mass is 10.1. The molecule has 0 aliphatic carbocycles. The van der Waals surface area contributed by atoms with E-state index in [0.717, 1.165) is 12.1 Å². The monoisotopic (exact) mass is 270 g/mol. The average molecular weight is 270 g/mol. The summed E-state index contributed by atoms with van der Waals surface area (Å²) in [4.78, 5) is 0. The van der Waals surface area contributed by atoms with Crippen molar-refractivity contribution in [3.63, 3.8) is 0 Å². The van der Waals surface area contributed by atoms with Gasteiger partial charge in [-0.1, -0.05) is 6.07 Å². The predicted octanol–water partition coefficient (Wildman–Crippen LogP) is 4.17. The molecule has 0 radical (unpaired) electrons. The third kappa shape index (κ3) is 3.15. The molecule has 0 heterocycles. The van der Waals surface area contributed by atoms with E-state index in [-0.39, 0.29) is 17.1 Å². The minimum Gasteiger partial charge on any atom is -0.399 e. The summed E-state index contributed by atoms with van der Waals surface area (Å²) in [6.07, 6.45) is -4.54. The summed E-state index contributed by atoms with van der Waals surface area (Å²) in [6, 6.07) is 8.58. The Morgan fingerprint density at radius 2 is 1.74 bits per heavy atom. The molecule has 0 unspecified atom stereocenters. The van der Waals surface area contributed by atoms with Gasteiger partial charge in [0.1, 0.15) is 5.82 Å². The first-order valence-corrected chi connectivity index (χ1v) is 5.35. The molecule has 0 spiro atoms. The second-order valence-electron chi connectivity index (χ2n) is 3.94. The number of nitrogens with two attached hydrogens (primary N) is 1. The van der Waals surface area contributed by atoms with Gasteiger partial charge in [0.05, 0.1) is 11.3 Å². The van der Waals surface area contributed by atoms with Crippen molar-refractivity contribution in [2.24, 2.45) is 0 Å². The van der Waals surface area contributed by atoms with Crippen molar-refractivity contribution < 1.29 is 17.6 Å². The quantitative estimate of drug-likeness (QED) is 0.635. The Hall–Kier alpha value is -2.24. The molecule has 0 aliphatic heterocycles. The van der Waals surface area contributed by atoms with Crippen molar-refractivity contribution in [3.05, 3.63) is 53.8 Å². The van der Waals surface area contributed by atoms with Crippen LogP contribution in [-0.4, -0.2) is 0 Å². The molecule has 0 saturated heterocycles. The van der Waals surface area contributed by atoms with Gasteiger partial charge < -0.3 is 11.1 Å². The number of alkyl halides is 3. The van der Waals surface area contributed by atoms with Crippen LogP contribution in [0.15, 0.2) is 42.5 Å². The maximum atomic E-state index is 13.0. The predicted molar refractivity (Wildman–Crippen MR) is 65.5 cm³/mol. The van der Waals surface area contributed by atoms with Crippen LogP contribution in [0.4, 0.5) is 34.6 Å². The molecule has 0 saturated carbocycles. The van der Waals surface area contributed by atoms with Gasteiger partial charge in [-0.15, -0.1) is 0 Å². The molecule has 0 bridgehead atoms. The van der Waals surface area contributed by atoms with E-state index < -0.39 is 17.6 Å². The van der Waals surface area contributed by atoms with Crippen LogP contribution in [0.1, 0.15) is 5.56 Å². The number of benzene rings is 2. The van der Waals surface area contributed by atoms with Crippen LogP contribution in [0.25, 0.3) is 0 Å². The molecule has 0 aromatic heterocycles. The number of hydrogen-bond donors (Lipinski definition) is 2.